The molecule has 3 N–H and O–H groups in total. The topological polar surface area (TPSA) is 70.2 Å². The first-order valence-electron chi connectivity index (χ1n) is 6.96. The molecular weight excluding hydrogens is 346 g/mol. The Morgan fingerprint density at radius 3 is 2.77 bits per heavy atom. The summed E-state index contributed by atoms with van der Waals surface area (Å²) in [5.74, 6) is 1.35. The third-order valence-corrected chi connectivity index (χ3v) is 3.82. The lowest BCUT2D eigenvalue weighted by molar-refractivity contribution is 0.117. The molecule has 0 saturated carbocycles. The number of benzene rings is 2. The van der Waals surface area contributed by atoms with Gasteiger partial charge in [-0.25, -0.2) is 4.98 Å². The summed E-state index contributed by atoms with van der Waals surface area (Å²) in [4.78, 5) is 7.54. The summed E-state index contributed by atoms with van der Waals surface area (Å²) < 4.78 is 6.45. The van der Waals surface area contributed by atoms with E-state index < -0.39 is 6.10 Å². The Labute approximate surface area is 136 Å². The van der Waals surface area contributed by atoms with Crippen LogP contribution in [0.25, 0.3) is 11.0 Å². The summed E-state index contributed by atoms with van der Waals surface area (Å²) >= 11 is 3.40. The van der Waals surface area contributed by atoms with Gasteiger partial charge in [0.25, 0.3) is 0 Å². The minimum Gasteiger partial charge on any atom is -0.490 e. The Kier molecular flexibility index (Phi) is 4.60. The van der Waals surface area contributed by atoms with Crippen molar-refractivity contribution in [2.45, 2.75) is 6.10 Å². The molecule has 114 valence electrons. The van der Waals surface area contributed by atoms with Crippen molar-refractivity contribution in [1.29, 1.82) is 0 Å². The predicted octanol–water partition coefficient (Wildman–Crippen LogP) is 3.18. The maximum atomic E-state index is 9.99. The van der Waals surface area contributed by atoms with Crippen molar-refractivity contribution in [2.24, 2.45) is 0 Å². The molecule has 3 rings (SSSR count). The lowest BCUT2D eigenvalue weighted by Crippen LogP contribution is -2.26. The number of nitrogens with one attached hydrogen (secondary N) is 2. The highest BCUT2D eigenvalue weighted by Crippen LogP contribution is 2.23. The average Bonchev–Trinajstić information content (AvgIpc) is 2.95. The first-order valence-corrected chi connectivity index (χ1v) is 7.75. The van der Waals surface area contributed by atoms with Gasteiger partial charge in [0.05, 0.1) is 15.5 Å². The molecule has 0 aliphatic carbocycles. The van der Waals surface area contributed by atoms with Gasteiger partial charge in [0, 0.05) is 6.54 Å². The molecule has 0 aliphatic heterocycles. The number of aliphatic hydroxyl groups excluding tert-OH is 1. The molecule has 1 heterocycles. The van der Waals surface area contributed by atoms with Crippen molar-refractivity contribution in [3.63, 3.8) is 0 Å². The van der Waals surface area contributed by atoms with Crippen molar-refractivity contribution in [3.05, 3.63) is 53.0 Å². The van der Waals surface area contributed by atoms with Gasteiger partial charge in [-0.05, 0) is 40.2 Å². The van der Waals surface area contributed by atoms with Gasteiger partial charge in [0.2, 0.25) is 5.95 Å². The molecule has 0 fully saturated rings. The Morgan fingerprint density at radius 2 is 1.95 bits per heavy atom. The van der Waals surface area contributed by atoms with Gasteiger partial charge in [0.1, 0.15) is 18.5 Å². The van der Waals surface area contributed by atoms with Gasteiger partial charge in [-0.2, -0.15) is 0 Å². The Balaban J connectivity index is 1.51. The van der Waals surface area contributed by atoms with Crippen LogP contribution in [-0.2, 0) is 0 Å². The van der Waals surface area contributed by atoms with E-state index in [-0.39, 0.29) is 6.61 Å². The maximum Gasteiger partial charge on any atom is 0.201 e. The number of anilines is 1. The van der Waals surface area contributed by atoms with Gasteiger partial charge in [-0.15, -0.1) is 0 Å². The molecule has 5 nitrogen and oxygen atoms in total. The number of rotatable bonds is 6. The second-order valence-corrected chi connectivity index (χ2v) is 5.73. The Hall–Kier alpha value is -2.05. The van der Waals surface area contributed by atoms with Crippen LogP contribution in [-0.4, -0.2) is 34.3 Å². The van der Waals surface area contributed by atoms with E-state index in [0.29, 0.717) is 18.2 Å². The van der Waals surface area contributed by atoms with Crippen LogP contribution < -0.4 is 10.1 Å². The number of para-hydroxylation sites is 3. The van der Waals surface area contributed by atoms with Crippen LogP contribution in [0.2, 0.25) is 0 Å². The van der Waals surface area contributed by atoms with Gasteiger partial charge < -0.3 is 20.1 Å². The summed E-state index contributed by atoms with van der Waals surface area (Å²) in [6, 6.07) is 15.3. The molecule has 22 heavy (non-hydrogen) atoms. The number of ether oxygens (including phenoxy) is 1. The molecule has 0 aliphatic rings. The Morgan fingerprint density at radius 1 is 1.18 bits per heavy atom. The van der Waals surface area contributed by atoms with E-state index in [9.17, 15) is 5.11 Å². The zero-order chi connectivity index (χ0) is 15.4. The number of hydrogen-bond acceptors (Lipinski definition) is 4. The fraction of sp³-hybridized carbons (Fsp3) is 0.188. The zero-order valence-corrected chi connectivity index (χ0v) is 13.4. The van der Waals surface area contributed by atoms with Crippen molar-refractivity contribution < 1.29 is 9.84 Å². The maximum absolute atomic E-state index is 9.99. The summed E-state index contributed by atoms with van der Waals surface area (Å²) in [6.45, 7) is 0.556. The molecular formula is C16H16BrN3O2. The number of halogens is 1. The largest absolute Gasteiger partial charge is 0.490 e. The first kappa shape index (κ1) is 14.9. The first-order chi connectivity index (χ1) is 10.7. The van der Waals surface area contributed by atoms with Crippen molar-refractivity contribution >= 4 is 32.9 Å². The van der Waals surface area contributed by atoms with E-state index in [1.807, 2.05) is 48.5 Å². The molecule has 0 amide bonds. The number of aliphatic hydroxyl groups is 1. The smallest absolute Gasteiger partial charge is 0.201 e. The summed E-state index contributed by atoms with van der Waals surface area (Å²) in [5, 5.41) is 13.1. The normalized spacial score (nSPS) is 12.3. The van der Waals surface area contributed by atoms with Crippen LogP contribution in [0.3, 0.4) is 0 Å². The van der Waals surface area contributed by atoms with Crippen molar-refractivity contribution in [1.82, 2.24) is 9.97 Å². The number of nitrogens with zero attached hydrogens (tertiary/aromatic N) is 1. The van der Waals surface area contributed by atoms with Crippen LogP contribution >= 0.6 is 15.9 Å². The minimum absolute atomic E-state index is 0.204. The lowest BCUT2D eigenvalue weighted by atomic mass is 10.3. The molecule has 2 aromatic carbocycles. The number of imidazole rings is 1. The number of aromatic amines is 1. The number of fused-ring (bicyclic) bond motifs is 1. The zero-order valence-electron chi connectivity index (χ0n) is 11.8. The third-order valence-electron chi connectivity index (χ3n) is 3.16. The highest BCUT2D eigenvalue weighted by Gasteiger charge is 2.08. The number of hydrogen-bond donors (Lipinski definition) is 3. The van der Waals surface area contributed by atoms with E-state index in [0.717, 1.165) is 15.5 Å². The molecule has 0 bridgehead atoms. The van der Waals surface area contributed by atoms with E-state index in [1.165, 1.54) is 0 Å². The van der Waals surface area contributed by atoms with Crippen LogP contribution in [0.4, 0.5) is 5.95 Å². The second kappa shape index (κ2) is 6.81. The molecule has 1 atom stereocenters. The highest BCUT2D eigenvalue weighted by molar-refractivity contribution is 9.10. The van der Waals surface area contributed by atoms with Crippen LogP contribution in [0, 0.1) is 0 Å². The van der Waals surface area contributed by atoms with Crippen LogP contribution in [0.15, 0.2) is 53.0 Å². The molecule has 3 aromatic rings. The van der Waals surface area contributed by atoms with Gasteiger partial charge in [-0.1, -0.05) is 24.3 Å². The van der Waals surface area contributed by atoms with Gasteiger partial charge >= 0.3 is 0 Å². The molecule has 0 radical (unpaired) electrons. The fourth-order valence-electron chi connectivity index (χ4n) is 2.06. The molecule has 6 heteroatoms. The molecule has 1 unspecified atom stereocenters. The summed E-state index contributed by atoms with van der Waals surface area (Å²) in [6.07, 6.45) is -0.639. The highest BCUT2D eigenvalue weighted by atomic mass is 79.9. The fourth-order valence-corrected chi connectivity index (χ4v) is 2.46. The van der Waals surface area contributed by atoms with E-state index in [2.05, 4.69) is 31.2 Å². The average molecular weight is 362 g/mol. The quantitative estimate of drug-likeness (QED) is 0.630. The monoisotopic (exact) mass is 361 g/mol. The van der Waals surface area contributed by atoms with E-state index in [1.54, 1.807) is 0 Å². The standard InChI is InChI=1S/C16H16BrN3O2/c17-12-5-1-4-8-15(12)22-10-11(21)9-18-16-19-13-6-2-3-7-14(13)20-16/h1-8,11,21H,9-10H2,(H2,18,19,20). The lowest BCUT2D eigenvalue weighted by Gasteiger charge is -2.13. The molecule has 1 aromatic heterocycles. The third kappa shape index (κ3) is 3.58. The summed E-state index contributed by atoms with van der Waals surface area (Å²) in [7, 11) is 0. The van der Waals surface area contributed by atoms with Crippen molar-refractivity contribution in [2.75, 3.05) is 18.5 Å². The van der Waals surface area contributed by atoms with Crippen LogP contribution in [0.5, 0.6) is 5.75 Å². The molecule has 0 spiro atoms. The van der Waals surface area contributed by atoms with Crippen molar-refractivity contribution in [3.8, 4) is 5.75 Å². The number of aromatic nitrogens is 2. The second-order valence-electron chi connectivity index (χ2n) is 4.88. The Bertz CT molecular complexity index is 727. The minimum atomic E-state index is -0.639. The van der Waals surface area contributed by atoms with E-state index >= 15 is 0 Å². The van der Waals surface area contributed by atoms with Gasteiger partial charge in [-0.3, -0.25) is 0 Å². The molecule has 0 saturated heterocycles. The van der Waals surface area contributed by atoms with Crippen LogP contribution in [0.1, 0.15) is 0 Å². The summed E-state index contributed by atoms with van der Waals surface area (Å²) in [5.41, 5.74) is 1.85. The SMILES string of the molecule is OC(CNc1nc2ccccc2[nH]1)COc1ccccc1Br. The predicted molar refractivity (Wildman–Crippen MR) is 90.2 cm³/mol. The van der Waals surface area contributed by atoms with Gasteiger partial charge in [0.15, 0.2) is 0 Å². The number of H-pyrrole nitrogens is 1. The van der Waals surface area contributed by atoms with E-state index in [4.69, 9.17) is 4.74 Å².